The van der Waals surface area contributed by atoms with E-state index >= 15 is 0 Å². The number of halogens is 2. The molecular weight excluding hydrogens is 477 g/mol. The highest BCUT2D eigenvalue weighted by atomic mass is 35.5. The third-order valence-electron chi connectivity index (χ3n) is 6.67. The van der Waals surface area contributed by atoms with E-state index in [1.807, 2.05) is 27.7 Å². The van der Waals surface area contributed by atoms with Gasteiger partial charge in [-0.2, -0.15) is 0 Å². The maximum absolute atomic E-state index is 14.2. The van der Waals surface area contributed by atoms with Crippen molar-refractivity contribution in [2.24, 2.45) is 0 Å². The zero-order valence-corrected chi connectivity index (χ0v) is 19.6. The molecule has 3 aliphatic heterocycles. The van der Waals surface area contributed by atoms with E-state index in [0.717, 1.165) is 29.9 Å². The summed E-state index contributed by atoms with van der Waals surface area (Å²) in [6, 6.07) is 5.63. The highest BCUT2D eigenvalue weighted by Gasteiger charge is 2.33. The maximum atomic E-state index is 14.2. The van der Waals surface area contributed by atoms with Gasteiger partial charge in [0.2, 0.25) is 0 Å². The van der Waals surface area contributed by atoms with Crippen LogP contribution < -0.4 is 4.90 Å². The average Bonchev–Trinajstić information content (AvgIpc) is 3.17. The molecular formula is C23H23ClFN7O3. The monoisotopic (exact) mass is 499 g/mol. The molecule has 0 bridgehead atoms. The van der Waals surface area contributed by atoms with Gasteiger partial charge in [0.05, 0.1) is 38.2 Å². The van der Waals surface area contributed by atoms with Crippen molar-refractivity contribution < 1.29 is 18.7 Å². The second kappa shape index (κ2) is 9.04. The molecule has 0 unspecified atom stereocenters. The van der Waals surface area contributed by atoms with Gasteiger partial charge in [-0.3, -0.25) is 9.47 Å². The van der Waals surface area contributed by atoms with E-state index in [2.05, 4.69) is 20.2 Å². The number of hydrogen-bond acceptors (Lipinski definition) is 8. The standard InChI is InChI=1S/C23H23ClFN7O3/c24-16-1-2-19-15(7-16)9-31(23(33)35-17-11-34-12-17)10-20-28-29-21(32(19)20)14-3-5-30(6-4-14)22-18(25)8-26-13-27-22/h1-2,7-8,13-14,17H,3-6,9-12H2. The minimum Gasteiger partial charge on any atom is -0.441 e. The lowest BCUT2D eigenvalue weighted by molar-refractivity contribution is -0.105. The summed E-state index contributed by atoms with van der Waals surface area (Å²) in [7, 11) is 0. The number of ether oxygens (including phenoxy) is 2. The van der Waals surface area contributed by atoms with Crippen LogP contribution in [0.15, 0.2) is 30.7 Å². The molecule has 2 saturated heterocycles. The minimum atomic E-state index is -0.423. The summed E-state index contributed by atoms with van der Waals surface area (Å²) in [4.78, 5) is 24.3. The van der Waals surface area contributed by atoms with E-state index in [1.54, 1.807) is 4.90 Å². The Morgan fingerprint density at radius 3 is 2.74 bits per heavy atom. The van der Waals surface area contributed by atoms with Crippen LogP contribution >= 0.6 is 11.6 Å². The van der Waals surface area contributed by atoms with Gasteiger partial charge in [-0.25, -0.2) is 19.2 Å². The van der Waals surface area contributed by atoms with Crippen molar-refractivity contribution in [3.8, 4) is 5.69 Å². The van der Waals surface area contributed by atoms with Gasteiger partial charge in [0, 0.05) is 24.0 Å². The molecule has 0 atom stereocenters. The number of hydrogen-bond donors (Lipinski definition) is 0. The van der Waals surface area contributed by atoms with Gasteiger partial charge in [-0.05, 0) is 36.6 Å². The fourth-order valence-corrected chi connectivity index (χ4v) is 5.00. The SMILES string of the molecule is O=C(OC1COC1)N1Cc2cc(Cl)ccc2-n2c(nnc2C2CCN(c3ncncc3F)CC2)C1. The molecule has 5 heterocycles. The molecule has 3 aromatic rings. The van der Waals surface area contributed by atoms with E-state index in [1.165, 1.54) is 12.5 Å². The van der Waals surface area contributed by atoms with Crippen LogP contribution in [0, 0.1) is 5.82 Å². The molecule has 1 amide bonds. The number of rotatable bonds is 3. The first-order valence-corrected chi connectivity index (χ1v) is 11.9. The van der Waals surface area contributed by atoms with Gasteiger partial charge in [0.15, 0.2) is 23.6 Å². The Kier molecular flexibility index (Phi) is 5.73. The average molecular weight is 500 g/mol. The fourth-order valence-electron chi connectivity index (χ4n) is 4.81. The van der Waals surface area contributed by atoms with Crippen LogP contribution in [0.25, 0.3) is 5.69 Å². The van der Waals surface area contributed by atoms with Gasteiger partial charge in [0.25, 0.3) is 0 Å². The molecule has 2 fully saturated rings. The second-order valence-corrected chi connectivity index (χ2v) is 9.37. The van der Waals surface area contributed by atoms with E-state index in [0.29, 0.717) is 49.5 Å². The van der Waals surface area contributed by atoms with Gasteiger partial charge >= 0.3 is 6.09 Å². The van der Waals surface area contributed by atoms with E-state index < -0.39 is 11.9 Å². The van der Waals surface area contributed by atoms with Crippen LogP contribution in [0.3, 0.4) is 0 Å². The van der Waals surface area contributed by atoms with Crippen molar-refractivity contribution in [3.05, 3.63) is 58.8 Å². The predicted molar refractivity (Wildman–Crippen MR) is 123 cm³/mol. The van der Waals surface area contributed by atoms with Gasteiger partial charge in [0.1, 0.15) is 12.2 Å². The predicted octanol–water partition coefficient (Wildman–Crippen LogP) is 3.08. The summed E-state index contributed by atoms with van der Waals surface area (Å²) in [5, 5.41) is 9.59. The number of nitrogens with zero attached hydrogens (tertiary/aromatic N) is 7. The quantitative estimate of drug-likeness (QED) is 0.542. The molecule has 6 rings (SSSR count). The van der Waals surface area contributed by atoms with Crippen LogP contribution in [0.5, 0.6) is 0 Å². The lowest BCUT2D eigenvalue weighted by atomic mass is 9.95. The Bertz CT molecular complexity index is 1260. The summed E-state index contributed by atoms with van der Waals surface area (Å²) >= 11 is 6.31. The molecule has 182 valence electrons. The summed E-state index contributed by atoms with van der Waals surface area (Å²) in [6.07, 6.45) is 3.43. The third-order valence-corrected chi connectivity index (χ3v) is 6.91. The lowest BCUT2D eigenvalue weighted by Gasteiger charge is -2.32. The molecule has 2 aromatic heterocycles. The smallest absolute Gasteiger partial charge is 0.410 e. The number of fused-ring (bicyclic) bond motifs is 3. The van der Waals surface area contributed by atoms with Crippen molar-refractivity contribution in [1.82, 2.24) is 29.6 Å². The van der Waals surface area contributed by atoms with Crippen molar-refractivity contribution in [2.75, 3.05) is 31.2 Å². The van der Waals surface area contributed by atoms with Crippen LogP contribution in [-0.4, -0.2) is 68.1 Å². The molecule has 0 spiro atoms. The number of anilines is 1. The normalized spacial score (nSPS) is 18.5. The summed E-state index contributed by atoms with van der Waals surface area (Å²) in [5.74, 6) is 1.51. The van der Waals surface area contributed by atoms with E-state index in [4.69, 9.17) is 21.1 Å². The van der Waals surface area contributed by atoms with Gasteiger partial charge < -0.3 is 14.4 Å². The van der Waals surface area contributed by atoms with Crippen LogP contribution in [0.1, 0.15) is 36.0 Å². The second-order valence-electron chi connectivity index (χ2n) is 8.94. The van der Waals surface area contributed by atoms with Gasteiger partial charge in [-0.1, -0.05) is 11.6 Å². The summed E-state index contributed by atoms with van der Waals surface area (Å²) in [5.41, 5.74) is 1.79. The first-order valence-electron chi connectivity index (χ1n) is 11.5. The number of carbonyl (C=O) groups is 1. The highest BCUT2D eigenvalue weighted by molar-refractivity contribution is 6.30. The van der Waals surface area contributed by atoms with Crippen LogP contribution in [0.2, 0.25) is 5.02 Å². The molecule has 3 aliphatic rings. The molecule has 0 aliphatic carbocycles. The topological polar surface area (TPSA) is 98.5 Å². The summed E-state index contributed by atoms with van der Waals surface area (Å²) in [6.45, 7) is 2.71. The van der Waals surface area contributed by atoms with Crippen LogP contribution in [0.4, 0.5) is 15.0 Å². The maximum Gasteiger partial charge on any atom is 0.410 e. The van der Waals surface area contributed by atoms with E-state index in [9.17, 15) is 9.18 Å². The van der Waals surface area contributed by atoms with Crippen molar-refractivity contribution in [3.63, 3.8) is 0 Å². The third kappa shape index (κ3) is 4.19. The van der Waals surface area contributed by atoms with Gasteiger partial charge in [-0.15, -0.1) is 10.2 Å². The molecule has 12 heteroatoms. The van der Waals surface area contributed by atoms with Crippen molar-refractivity contribution in [2.45, 2.75) is 38.0 Å². The molecule has 0 N–H and O–H groups in total. The van der Waals surface area contributed by atoms with Crippen molar-refractivity contribution in [1.29, 1.82) is 0 Å². The zero-order chi connectivity index (χ0) is 23.9. The van der Waals surface area contributed by atoms with E-state index in [-0.39, 0.29) is 18.6 Å². The molecule has 10 nitrogen and oxygen atoms in total. The number of benzene rings is 1. The number of aromatic nitrogens is 5. The minimum absolute atomic E-state index is 0.117. The van der Waals surface area contributed by atoms with Crippen LogP contribution in [-0.2, 0) is 22.6 Å². The Hall–Kier alpha value is -3.31. The highest BCUT2D eigenvalue weighted by Crippen LogP contribution is 2.34. The number of piperidine rings is 1. The largest absolute Gasteiger partial charge is 0.441 e. The lowest BCUT2D eigenvalue weighted by Crippen LogP contribution is -2.42. The Labute approximate surface area is 205 Å². The Morgan fingerprint density at radius 2 is 2.00 bits per heavy atom. The number of amides is 1. The molecule has 35 heavy (non-hydrogen) atoms. The van der Waals surface area contributed by atoms with Crippen molar-refractivity contribution >= 4 is 23.5 Å². The Balaban J connectivity index is 1.28. The first kappa shape index (κ1) is 22.2. The molecule has 1 aromatic carbocycles. The molecule has 0 saturated carbocycles. The molecule has 0 radical (unpaired) electrons. The fraction of sp³-hybridized carbons (Fsp3) is 0.435. The summed E-state index contributed by atoms with van der Waals surface area (Å²) < 4.78 is 26.9. The number of carbonyl (C=O) groups excluding carboxylic acids is 1. The Morgan fingerprint density at radius 1 is 1.17 bits per heavy atom. The first-order chi connectivity index (χ1) is 17.1. The zero-order valence-electron chi connectivity index (χ0n) is 18.8.